The molecule has 102 valence electrons. The number of nitrogens with zero attached hydrogens (tertiary/aromatic N) is 3. The molecule has 1 saturated carbocycles. The van der Waals surface area contributed by atoms with Gasteiger partial charge in [0.05, 0.1) is 6.20 Å². The van der Waals surface area contributed by atoms with Crippen molar-refractivity contribution < 1.29 is 4.79 Å². The highest BCUT2D eigenvalue weighted by Crippen LogP contribution is 2.23. The summed E-state index contributed by atoms with van der Waals surface area (Å²) < 4.78 is 0. The van der Waals surface area contributed by atoms with E-state index in [0.717, 1.165) is 5.69 Å². The van der Waals surface area contributed by atoms with Crippen molar-refractivity contribution in [2.24, 2.45) is 0 Å². The molecule has 1 aromatic heterocycles. The van der Waals surface area contributed by atoms with Crippen molar-refractivity contribution in [1.82, 2.24) is 15.2 Å². The van der Waals surface area contributed by atoms with Gasteiger partial charge in [0.2, 0.25) is 5.95 Å². The normalized spacial score (nSPS) is 13.8. The largest absolute Gasteiger partial charge is 0.366 e. The number of Topliss-reactive ketones (excluding diaryl/α,β-unsaturated/α-hetero) is 1. The predicted octanol–water partition coefficient (Wildman–Crippen LogP) is 2.39. The molecule has 2 N–H and O–H groups in total. The Labute approximate surface area is 116 Å². The number of carbonyl (C=O) groups excluding carboxylic acids is 1. The fourth-order valence-electron chi connectivity index (χ4n) is 1.81. The van der Waals surface area contributed by atoms with Crippen molar-refractivity contribution in [3.8, 4) is 0 Å². The van der Waals surface area contributed by atoms with E-state index >= 15 is 0 Å². The minimum Gasteiger partial charge on any atom is -0.366 e. The molecule has 3 rings (SSSR count). The summed E-state index contributed by atoms with van der Waals surface area (Å²) in [6.45, 7) is 1.54. The highest BCUT2D eigenvalue weighted by Gasteiger charge is 2.21. The molecule has 1 fully saturated rings. The number of aromatic nitrogens is 3. The summed E-state index contributed by atoms with van der Waals surface area (Å²) in [6.07, 6.45) is 3.95. The van der Waals surface area contributed by atoms with Crippen LogP contribution in [0.25, 0.3) is 0 Å². The summed E-state index contributed by atoms with van der Waals surface area (Å²) in [6, 6.07) is 7.74. The summed E-state index contributed by atoms with van der Waals surface area (Å²) in [5.74, 6) is 1.15. The molecule has 0 saturated heterocycles. The fraction of sp³-hybridized carbons (Fsp3) is 0.286. The molecule has 0 aliphatic heterocycles. The molecule has 1 heterocycles. The van der Waals surface area contributed by atoms with Gasteiger partial charge < -0.3 is 10.6 Å². The van der Waals surface area contributed by atoms with Gasteiger partial charge in [-0.05, 0) is 31.9 Å². The van der Waals surface area contributed by atoms with Crippen LogP contribution in [0.1, 0.15) is 30.1 Å². The van der Waals surface area contributed by atoms with Crippen LogP contribution in [0.5, 0.6) is 0 Å². The minimum absolute atomic E-state index is 0.0249. The average Bonchev–Trinajstić information content (AvgIpc) is 3.23. The summed E-state index contributed by atoms with van der Waals surface area (Å²) >= 11 is 0. The molecule has 1 aliphatic rings. The third kappa shape index (κ3) is 3.09. The second kappa shape index (κ2) is 5.24. The van der Waals surface area contributed by atoms with E-state index in [4.69, 9.17) is 0 Å². The first-order valence-corrected chi connectivity index (χ1v) is 6.55. The van der Waals surface area contributed by atoms with Crippen molar-refractivity contribution in [1.29, 1.82) is 0 Å². The van der Waals surface area contributed by atoms with Gasteiger partial charge in [0.1, 0.15) is 0 Å². The van der Waals surface area contributed by atoms with Crippen molar-refractivity contribution in [3.05, 3.63) is 36.0 Å². The number of ketones is 1. The van der Waals surface area contributed by atoms with Gasteiger partial charge in [-0.2, -0.15) is 10.1 Å². The van der Waals surface area contributed by atoms with Gasteiger partial charge >= 0.3 is 0 Å². The molecule has 2 aromatic rings. The number of carbonyl (C=O) groups is 1. The molecule has 1 aromatic carbocycles. The van der Waals surface area contributed by atoms with E-state index in [1.807, 2.05) is 12.1 Å². The van der Waals surface area contributed by atoms with Crippen molar-refractivity contribution in [3.63, 3.8) is 0 Å². The number of benzene rings is 1. The van der Waals surface area contributed by atoms with Gasteiger partial charge in [0, 0.05) is 17.3 Å². The zero-order valence-electron chi connectivity index (χ0n) is 11.1. The van der Waals surface area contributed by atoms with Gasteiger partial charge in [0.15, 0.2) is 11.6 Å². The predicted molar refractivity (Wildman–Crippen MR) is 76.2 cm³/mol. The molecular formula is C14H15N5O. The Morgan fingerprint density at radius 1 is 1.35 bits per heavy atom. The van der Waals surface area contributed by atoms with Crippen molar-refractivity contribution in [2.45, 2.75) is 25.8 Å². The SMILES string of the molecule is CC(=O)c1cccc(Nc2nncc(NC3CC3)n2)c1. The van der Waals surface area contributed by atoms with Gasteiger partial charge in [-0.25, -0.2) is 0 Å². The number of anilines is 3. The maximum Gasteiger partial charge on any atom is 0.249 e. The second-order valence-corrected chi connectivity index (χ2v) is 4.85. The molecule has 0 atom stereocenters. The van der Waals surface area contributed by atoms with Crippen LogP contribution >= 0.6 is 0 Å². The van der Waals surface area contributed by atoms with Crippen LogP contribution in [-0.4, -0.2) is 27.0 Å². The first kappa shape index (κ1) is 12.5. The molecule has 1 aliphatic carbocycles. The zero-order chi connectivity index (χ0) is 13.9. The molecule has 0 unspecified atom stereocenters. The van der Waals surface area contributed by atoms with E-state index in [1.165, 1.54) is 19.8 Å². The third-order valence-corrected chi connectivity index (χ3v) is 3.01. The van der Waals surface area contributed by atoms with Crippen LogP contribution in [0, 0.1) is 0 Å². The maximum atomic E-state index is 11.4. The Morgan fingerprint density at radius 3 is 2.95 bits per heavy atom. The highest BCUT2D eigenvalue weighted by molar-refractivity contribution is 5.95. The number of hydrogen-bond acceptors (Lipinski definition) is 6. The molecule has 0 amide bonds. The van der Waals surface area contributed by atoms with Crippen LogP contribution in [0.3, 0.4) is 0 Å². The number of hydrogen-bond donors (Lipinski definition) is 2. The van der Waals surface area contributed by atoms with Crippen LogP contribution in [-0.2, 0) is 0 Å². The van der Waals surface area contributed by atoms with Gasteiger partial charge in [-0.1, -0.05) is 12.1 Å². The standard InChI is InChI=1S/C14H15N5O/c1-9(20)10-3-2-4-12(7-10)17-14-18-13(8-15-19-14)16-11-5-6-11/h2-4,7-8,11H,5-6H2,1H3,(H2,16,17,18,19). The van der Waals surface area contributed by atoms with Crippen LogP contribution in [0.15, 0.2) is 30.5 Å². The summed E-state index contributed by atoms with van der Waals surface area (Å²) in [5, 5.41) is 14.2. The Balaban J connectivity index is 1.76. The van der Waals surface area contributed by atoms with Gasteiger partial charge in [-0.3, -0.25) is 4.79 Å². The lowest BCUT2D eigenvalue weighted by atomic mass is 10.1. The van der Waals surface area contributed by atoms with Gasteiger partial charge in [-0.15, -0.1) is 5.10 Å². The van der Waals surface area contributed by atoms with Gasteiger partial charge in [0.25, 0.3) is 0 Å². The lowest BCUT2D eigenvalue weighted by molar-refractivity contribution is 0.101. The van der Waals surface area contributed by atoms with Crippen LogP contribution < -0.4 is 10.6 Å². The fourth-order valence-corrected chi connectivity index (χ4v) is 1.81. The van der Waals surface area contributed by atoms with E-state index in [1.54, 1.807) is 18.3 Å². The zero-order valence-corrected chi connectivity index (χ0v) is 11.1. The number of rotatable bonds is 5. The van der Waals surface area contributed by atoms with E-state index in [0.29, 0.717) is 23.4 Å². The lowest BCUT2D eigenvalue weighted by Gasteiger charge is -2.07. The lowest BCUT2D eigenvalue weighted by Crippen LogP contribution is -2.07. The van der Waals surface area contributed by atoms with E-state index in [9.17, 15) is 4.79 Å². The second-order valence-electron chi connectivity index (χ2n) is 4.85. The van der Waals surface area contributed by atoms with E-state index < -0.39 is 0 Å². The Bertz CT molecular complexity index is 639. The number of nitrogens with one attached hydrogen (secondary N) is 2. The first-order chi connectivity index (χ1) is 9.70. The average molecular weight is 269 g/mol. The molecule has 0 bridgehead atoms. The Morgan fingerprint density at radius 2 is 2.20 bits per heavy atom. The minimum atomic E-state index is 0.0249. The highest BCUT2D eigenvalue weighted by atomic mass is 16.1. The summed E-state index contributed by atoms with van der Waals surface area (Å²) in [5.41, 5.74) is 1.42. The topological polar surface area (TPSA) is 79.8 Å². The van der Waals surface area contributed by atoms with Crippen LogP contribution in [0.4, 0.5) is 17.5 Å². The molecule has 0 spiro atoms. The smallest absolute Gasteiger partial charge is 0.249 e. The van der Waals surface area contributed by atoms with Crippen molar-refractivity contribution in [2.75, 3.05) is 10.6 Å². The molecule has 0 radical (unpaired) electrons. The maximum absolute atomic E-state index is 11.4. The summed E-state index contributed by atoms with van der Waals surface area (Å²) in [7, 11) is 0. The Kier molecular flexibility index (Phi) is 3.28. The first-order valence-electron chi connectivity index (χ1n) is 6.55. The van der Waals surface area contributed by atoms with E-state index in [2.05, 4.69) is 25.8 Å². The van der Waals surface area contributed by atoms with E-state index in [-0.39, 0.29) is 5.78 Å². The monoisotopic (exact) mass is 269 g/mol. The van der Waals surface area contributed by atoms with Crippen LogP contribution in [0.2, 0.25) is 0 Å². The Hall–Kier alpha value is -2.50. The molecule has 6 heteroatoms. The molecule has 20 heavy (non-hydrogen) atoms. The molecule has 6 nitrogen and oxygen atoms in total. The summed E-state index contributed by atoms with van der Waals surface area (Å²) in [4.78, 5) is 15.7. The molecular weight excluding hydrogens is 254 g/mol. The van der Waals surface area contributed by atoms with Crippen molar-refractivity contribution >= 4 is 23.2 Å². The quantitative estimate of drug-likeness (QED) is 0.811. The third-order valence-electron chi connectivity index (χ3n) is 3.01.